The van der Waals surface area contributed by atoms with E-state index in [0.717, 1.165) is 6.29 Å². The van der Waals surface area contributed by atoms with Gasteiger partial charge >= 0.3 is 0 Å². The summed E-state index contributed by atoms with van der Waals surface area (Å²) in [5, 5.41) is 0.388. The average Bonchev–Trinajstić information content (AvgIpc) is 2.30. The molecule has 0 radical (unpaired) electrons. The summed E-state index contributed by atoms with van der Waals surface area (Å²) in [6.07, 6.45) is 3.98. The van der Waals surface area contributed by atoms with E-state index < -0.39 is 0 Å². The number of hydrogen-bond donors (Lipinski definition) is 0. The fourth-order valence-corrected chi connectivity index (χ4v) is 1.51. The maximum atomic E-state index is 10.7. The molecule has 0 saturated carbocycles. The third kappa shape index (κ3) is 1.87. The molecule has 0 bridgehead atoms. The zero-order valence-corrected chi connectivity index (χ0v) is 8.48. The maximum Gasteiger partial charge on any atom is 0.160 e. The van der Waals surface area contributed by atoms with E-state index in [9.17, 15) is 4.79 Å². The lowest BCUT2D eigenvalue weighted by atomic mass is 10.1. The summed E-state index contributed by atoms with van der Waals surface area (Å²) < 4.78 is 0. The summed E-state index contributed by atoms with van der Waals surface area (Å²) in [4.78, 5) is 18.8. The largest absolute Gasteiger partial charge is 0.298 e. The number of carbonyl (C=O) groups excluding carboxylic acids is 1. The summed E-state index contributed by atoms with van der Waals surface area (Å²) in [7, 11) is 0. The topological polar surface area (TPSA) is 42.9 Å². The van der Waals surface area contributed by atoms with E-state index in [0.29, 0.717) is 22.0 Å². The van der Waals surface area contributed by atoms with Crippen LogP contribution in [0, 0.1) is 0 Å². The molecule has 1 heterocycles. The van der Waals surface area contributed by atoms with Crippen molar-refractivity contribution in [1.82, 2.24) is 9.97 Å². The van der Waals surface area contributed by atoms with Gasteiger partial charge in [0.15, 0.2) is 12.1 Å². The molecule has 3 nitrogen and oxygen atoms in total. The van der Waals surface area contributed by atoms with Gasteiger partial charge in [0.1, 0.15) is 0 Å². The highest BCUT2D eigenvalue weighted by Crippen LogP contribution is 2.26. The third-order valence-corrected chi connectivity index (χ3v) is 2.38. The van der Waals surface area contributed by atoms with Crippen LogP contribution < -0.4 is 0 Å². The van der Waals surface area contributed by atoms with Crippen LogP contribution in [-0.2, 0) is 0 Å². The van der Waals surface area contributed by atoms with E-state index in [4.69, 9.17) is 11.6 Å². The van der Waals surface area contributed by atoms with Crippen molar-refractivity contribution in [3.8, 4) is 11.4 Å². The minimum absolute atomic E-state index is 0.388. The van der Waals surface area contributed by atoms with Gasteiger partial charge in [-0.1, -0.05) is 23.7 Å². The molecule has 74 valence electrons. The van der Waals surface area contributed by atoms with Crippen molar-refractivity contribution in [1.29, 1.82) is 0 Å². The molecular weight excluding hydrogens is 212 g/mol. The number of aldehydes is 1. The Labute approximate surface area is 91.8 Å². The molecule has 0 N–H and O–H groups in total. The molecule has 0 atom stereocenters. The Kier molecular flexibility index (Phi) is 2.74. The van der Waals surface area contributed by atoms with Gasteiger partial charge in [-0.3, -0.25) is 4.79 Å². The average molecular weight is 219 g/mol. The van der Waals surface area contributed by atoms with Crippen LogP contribution in [-0.4, -0.2) is 16.3 Å². The van der Waals surface area contributed by atoms with Crippen LogP contribution in [0.5, 0.6) is 0 Å². The molecule has 0 unspecified atom stereocenters. The Balaban J connectivity index is 2.59. The highest BCUT2D eigenvalue weighted by molar-refractivity contribution is 6.35. The Morgan fingerprint density at radius 1 is 1.13 bits per heavy atom. The summed E-state index contributed by atoms with van der Waals surface area (Å²) in [6, 6.07) is 6.91. The van der Waals surface area contributed by atoms with E-state index in [1.165, 1.54) is 0 Å². The Bertz CT molecular complexity index is 485. The predicted molar refractivity (Wildman–Crippen MR) is 57.9 cm³/mol. The van der Waals surface area contributed by atoms with Crippen LogP contribution in [0.25, 0.3) is 11.4 Å². The van der Waals surface area contributed by atoms with Crippen molar-refractivity contribution < 1.29 is 4.79 Å². The molecule has 2 rings (SSSR count). The van der Waals surface area contributed by atoms with Crippen molar-refractivity contribution in [3.63, 3.8) is 0 Å². The molecule has 2 aromatic rings. The number of rotatable bonds is 2. The van der Waals surface area contributed by atoms with E-state index in [-0.39, 0.29) is 0 Å². The third-order valence-electron chi connectivity index (χ3n) is 1.96. The predicted octanol–water partition coefficient (Wildman–Crippen LogP) is 2.61. The molecule has 0 amide bonds. The molecule has 15 heavy (non-hydrogen) atoms. The molecule has 0 fully saturated rings. The Hall–Kier alpha value is -1.74. The second-order valence-corrected chi connectivity index (χ2v) is 3.28. The van der Waals surface area contributed by atoms with Crippen LogP contribution >= 0.6 is 11.6 Å². The number of benzene rings is 1. The van der Waals surface area contributed by atoms with Gasteiger partial charge in [-0.05, 0) is 12.1 Å². The van der Waals surface area contributed by atoms with Crippen LogP contribution in [0.3, 0.4) is 0 Å². The molecule has 0 aliphatic heterocycles. The fourth-order valence-electron chi connectivity index (χ4n) is 1.25. The van der Waals surface area contributed by atoms with Crippen molar-refractivity contribution >= 4 is 17.9 Å². The Morgan fingerprint density at radius 2 is 1.87 bits per heavy atom. The van der Waals surface area contributed by atoms with Gasteiger partial charge in [0.25, 0.3) is 0 Å². The first-order chi connectivity index (χ1) is 7.33. The lowest BCUT2D eigenvalue weighted by Gasteiger charge is -2.03. The van der Waals surface area contributed by atoms with Crippen LogP contribution in [0.4, 0.5) is 0 Å². The molecule has 1 aromatic carbocycles. The highest BCUT2D eigenvalue weighted by Gasteiger charge is 2.08. The minimum Gasteiger partial charge on any atom is -0.298 e. The van der Waals surface area contributed by atoms with Crippen LogP contribution in [0.15, 0.2) is 36.7 Å². The van der Waals surface area contributed by atoms with Gasteiger partial charge in [0, 0.05) is 23.5 Å². The molecule has 0 aliphatic rings. The summed E-state index contributed by atoms with van der Waals surface area (Å²) in [5.74, 6) is 0.520. The van der Waals surface area contributed by atoms with Crippen molar-refractivity contribution in [2.45, 2.75) is 0 Å². The number of hydrogen-bond acceptors (Lipinski definition) is 3. The number of nitrogens with zero attached hydrogens (tertiary/aromatic N) is 2. The minimum atomic E-state index is 0.388. The zero-order valence-electron chi connectivity index (χ0n) is 7.72. The molecular formula is C11H7ClN2O. The van der Waals surface area contributed by atoms with E-state index in [1.54, 1.807) is 36.7 Å². The summed E-state index contributed by atoms with van der Waals surface area (Å²) in [6.45, 7) is 0. The van der Waals surface area contributed by atoms with Crippen molar-refractivity contribution in [2.75, 3.05) is 0 Å². The first-order valence-electron chi connectivity index (χ1n) is 4.34. The number of carbonyl (C=O) groups is 1. The normalized spacial score (nSPS) is 9.93. The van der Waals surface area contributed by atoms with Crippen molar-refractivity contribution in [2.24, 2.45) is 0 Å². The standard InChI is InChI=1S/C11H7ClN2O/c12-10-8(7-15)3-1-4-9(10)11-13-5-2-6-14-11/h1-7H. The smallest absolute Gasteiger partial charge is 0.160 e. The summed E-state index contributed by atoms with van der Waals surface area (Å²) in [5.41, 5.74) is 1.11. The van der Waals surface area contributed by atoms with Gasteiger partial charge in [-0.15, -0.1) is 0 Å². The van der Waals surface area contributed by atoms with Gasteiger partial charge in [0.2, 0.25) is 0 Å². The molecule has 0 spiro atoms. The SMILES string of the molecule is O=Cc1cccc(-c2ncccn2)c1Cl. The summed E-state index contributed by atoms with van der Waals surface area (Å²) >= 11 is 6.03. The second-order valence-electron chi connectivity index (χ2n) is 2.90. The first-order valence-corrected chi connectivity index (χ1v) is 4.72. The molecule has 1 aromatic heterocycles. The maximum absolute atomic E-state index is 10.7. The lowest BCUT2D eigenvalue weighted by Crippen LogP contribution is -1.90. The number of aromatic nitrogens is 2. The second kappa shape index (κ2) is 4.19. The zero-order chi connectivity index (χ0) is 10.7. The molecule has 0 saturated heterocycles. The van der Waals surface area contributed by atoms with E-state index in [2.05, 4.69) is 9.97 Å². The molecule has 0 aliphatic carbocycles. The van der Waals surface area contributed by atoms with Crippen LogP contribution in [0.1, 0.15) is 10.4 Å². The quantitative estimate of drug-likeness (QED) is 0.728. The van der Waals surface area contributed by atoms with Gasteiger partial charge < -0.3 is 0 Å². The van der Waals surface area contributed by atoms with Gasteiger partial charge in [-0.25, -0.2) is 9.97 Å². The van der Waals surface area contributed by atoms with E-state index in [1.807, 2.05) is 0 Å². The highest BCUT2D eigenvalue weighted by atomic mass is 35.5. The lowest BCUT2D eigenvalue weighted by molar-refractivity contribution is 0.112. The fraction of sp³-hybridized carbons (Fsp3) is 0. The van der Waals surface area contributed by atoms with Gasteiger partial charge in [0.05, 0.1) is 5.02 Å². The molecule has 4 heteroatoms. The van der Waals surface area contributed by atoms with Crippen molar-refractivity contribution in [3.05, 3.63) is 47.2 Å². The van der Waals surface area contributed by atoms with E-state index >= 15 is 0 Å². The first kappa shape index (κ1) is 9.80. The van der Waals surface area contributed by atoms with Crippen LogP contribution in [0.2, 0.25) is 5.02 Å². The number of halogens is 1. The Morgan fingerprint density at radius 3 is 2.53 bits per heavy atom. The van der Waals surface area contributed by atoms with Gasteiger partial charge in [-0.2, -0.15) is 0 Å². The monoisotopic (exact) mass is 218 g/mol.